The molecule has 1 atom stereocenters. The van der Waals surface area contributed by atoms with E-state index in [1.54, 1.807) is 7.11 Å². The van der Waals surface area contributed by atoms with Crippen molar-refractivity contribution in [3.63, 3.8) is 0 Å². The Morgan fingerprint density at radius 2 is 2.15 bits per heavy atom. The smallest absolute Gasteiger partial charge is 0.178 e. The minimum Gasteiger partial charge on any atom is -0.383 e. The van der Waals surface area contributed by atoms with E-state index in [1.165, 1.54) is 25.7 Å². The monoisotopic (exact) mass is 273 g/mol. The summed E-state index contributed by atoms with van der Waals surface area (Å²) in [4.78, 5) is 2.35. The molecular weight excluding hydrogens is 254 g/mol. The maximum atomic E-state index is 5.32. The third-order valence-corrected chi connectivity index (χ3v) is 4.25. The van der Waals surface area contributed by atoms with Gasteiger partial charge in [-0.15, -0.1) is 15.3 Å². The van der Waals surface area contributed by atoms with Crippen LogP contribution in [-0.4, -0.2) is 46.1 Å². The second-order valence-electron chi connectivity index (χ2n) is 5.74. The standard InChI is InChI=1S/C14H19N5O/c1-20-9-11-3-2-8-18(11)13-7-6-12-15-16-14(10-4-5-10)19(12)17-13/h6-7,10-11H,2-5,8-9H2,1H3/t11-/m0/s1. The number of hydrogen-bond acceptors (Lipinski definition) is 5. The van der Waals surface area contributed by atoms with Gasteiger partial charge in [0.2, 0.25) is 0 Å². The second kappa shape index (κ2) is 4.70. The Kier molecular flexibility index (Phi) is 2.84. The van der Waals surface area contributed by atoms with Crippen molar-refractivity contribution in [2.45, 2.75) is 37.6 Å². The highest BCUT2D eigenvalue weighted by atomic mass is 16.5. The predicted octanol–water partition coefficient (Wildman–Crippen LogP) is 1.62. The molecule has 2 fully saturated rings. The van der Waals surface area contributed by atoms with Gasteiger partial charge in [-0.05, 0) is 37.8 Å². The van der Waals surface area contributed by atoms with Gasteiger partial charge in [-0.1, -0.05) is 0 Å². The zero-order valence-electron chi connectivity index (χ0n) is 11.7. The lowest BCUT2D eigenvalue weighted by atomic mass is 10.2. The topological polar surface area (TPSA) is 55.5 Å². The van der Waals surface area contributed by atoms with Crippen molar-refractivity contribution < 1.29 is 4.74 Å². The van der Waals surface area contributed by atoms with E-state index >= 15 is 0 Å². The zero-order valence-corrected chi connectivity index (χ0v) is 11.7. The molecule has 0 aromatic carbocycles. The van der Waals surface area contributed by atoms with Crippen molar-refractivity contribution in [3.8, 4) is 0 Å². The van der Waals surface area contributed by atoms with Crippen LogP contribution >= 0.6 is 0 Å². The summed E-state index contributed by atoms with van der Waals surface area (Å²) in [6.45, 7) is 1.81. The largest absolute Gasteiger partial charge is 0.383 e. The number of methoxy groups -OCH3 is 1. The highest BCUT2D eigenvalue weighted by molar-refractivity contribution is 5.47. The molecule has 1 saturated carbocycles. The Bertz CT molecular complexity index is 621. The number of hydrogen-bond donors (Lipinski definition) is 0. The van der Waals surface area contributed by atoms with E-state index in [-0.39, 0.29) is 0 Å². The normalized spacial score (nSPS) is 22.9. The van der Waals surface area contributed by atoms with Gasteiger partial charge in [0.1, 0.15) is 5.82 Å². The highest BCUT2D eigenvalue weighted by Crippen LogP contribution is 2.38. The molecule has 0 bridgehead atoms. The molecule has 6 nitrogen and oxygen atoms in total. The predicted molar refractivity (Wildman–Crippen MR) is 75.0 cm³/mol. The maximum Gasteiger partial charge on any atom is 0.178 e. The fourth-order valence-electron chi connectivity index (χ4n) is 3.05. The van der Waals surface area contributed by atoms with Crippen LogP contribution in [0.3, 0.4) is 0 Å². The van der Waals surface area contributed by atoms with E-state index < -0.39 is 0 Å². The lowest BCUT2D eigenvalue weighted by molar-refractivity contribution is 0.180. The molecule has 0 N–H and O–H groups in total. The van der Waals surface area contributed by atoms with Gasteiger partial charge in [0.25, 0.3) is 0 Å². The van der Waals surface area contributed by atoms with Crippen molar-refractivity contribution in [2.24, 2.45) is 0 Å². The Hall–Kier alpha value is -1.69. The summed E-state index contributed by atoms with van der Waals surface area (Å²) in [5.41, 5.74) is 0.845. The van der Waals surface area contributed by atoms with Crippen LogP contribution in [0.1, 0.15) is 37.4 Å². The molecule has 6 heteroatoms. The molecule has 1 aliphatic heterocycles. The van der Waals surface area contributed by atoms with Crippen LogP contribution in [0.5, 0.6) is 0 Å². The summed E-state index contributed by atoms with van der Waals surface area (Å²) in [6, 6.07) is 4.50. The van der Waals surface area contributed by atoms with Crippen molar-refractivity contribution in [3.05, 3.63) is 18.0 Å². The Labute approximate surface area is 117 Å². The third-order valence-electron chi connectivity index (χ3n) is 4.25. The molecule has 20 heavy (non-hydrogen) atoms. The van der Waals surface area contributed by atoms with Gasteiger partial charge in [0.15, 0.2) is 11.5 Å². The first kappa shape index (κ1) is 12.1. The summed E-state index contributed by atoms with van der Waals surface area (Å²) in [6.07, 6.45) is 4.79. The molecular formula is C14H19N5O. The zero-order chi connectivity index (χ0) is 13.5. The van der Waals surface area contributed by atoms with E-state index in [2.05, 4.69) is 21.2 Å². The molecule has 2 aromatic rings. The van der Waals surface area contributed by atoms with Gasteiger partial charge < -0.3 is 9.64 Å². The SMILES string of the molecule is COC[C@@H]1CCCN1c1ccc2nnc(C3CC3)n2n1. The van der Waals surface area contributed by atoms with E-state index in [0.717, 1.165) is 30.4 Å². The summed E-state index contributed by atoms with van der Waals surface area (Å²) in [7, 11) is 1.76. The molecule has 2 aliphatic rings. The van der Waals surface area contributed by atoms with Crippen molar-refractivity contribution >= 4 is 11.5 Å². The molecule has 3 heterocycles. The highest BCUT2D eigenvalue weighted by Gasteiger charge is 2.30. The van der Waals surface area contributed by atoms with Crippen LogP contribution in [0.4, 0.5) is 5.82 Å². The fraction of sp³-hybridized carbons (Fsp3) is 0.643. The number of rotatable bonds is 4. The summed E-state index contributed by atoms with van der Waals surface area (Å²) < 4.78 is 7.25. The molecule has 1 aliphatic carbocycles. The average molecular weight is 273 g/mol. The first-order chi connectivity index (χ1) is 9.86. The first-order valence-corrected chi connectivity index (χ1v) is 7.35. The van der Waals surface area contributed by atoms with Crippen molar-refractivity contribution in [2.75, 3.05) is 25.2 Å². The molecule has 0 spiro atoms. The minimum atomic E-state index is 0.436. The molecule has 0 unspecified atom stereocenters. The molecule has 4 rings (SSSR count). The average Bonchev–Trinajstić information content (AvgIpc) is 3.06. The van der Waals surface area contributed by atoms with Gasteiger partial charge in [-0.25, -0.2) is 0 Å². The van der Waals surface area contributed by atoms with E-state index in [9.17, 15) is 0 Å². The summed E-state index contributed by atoms with van der Waals surface area (Å²) >= 11 is 0. The van der Waals surface area contributed by atoms with Crippen LogP contribution in [0.15, 0.2) is 12.1 Å². The van der Waals surface area contributed by atoms with E-state index in [4.69, 9.17) is 9.84 Å². The molecule has 0 radical (unpaired) electrons. The van der Waals surface area contributed by atoms with Crippen LogP contribution in [0.25, 0.3) is 5.65 Å². The minimum absolute atomic E-state index is 0.436. The van der Waals surface area contributed by atoms with Crippen LogP contribution in [-0.2, 0) is 4.74 Å². The molecule has 1 saturated heterocycles. The van der Waals surface area contributed by atoms with Crippen molar-refractivity contribution in [1.29, 1.82) is 0 Å². The molecule has 2 aromatic heterocycles. The lowest BCUT2D eigenvalue weighted by Crippen LogP contribution is -2.33. The summed E-state index contributed by atoms with van der Waals surface area (Å²) in [5, 5.41) is 13.3. The molecule has 106 valence electrons. The van der Waals surface area contributed by atoms with Gasteiger partial charge >= 0.3 is 0 Å². The summed E-state index contributed by atoms with van der Waals surface area (Å²) in [5.74, 6) is 2.59. The van der Waals surface area contributed by atoms with Gasteiger partial charge in [-0.2, -0.15) is 4.52 Å². The first-order valence-electron chi connectivity index (χ1n) is 7.35. The number of aromatic nitrogens is 4. The number of anilines is 1. The van der Waals surface area contributed by atoms with E-state index in [1.807, 2.05) is 10.6 Å². The van der Waals surface area contributed by atoms with Crippen LogP contribution < -0.4 is 4.90 Å². The van der Waals surface area contributed by atoms with Crippen molar-refractivity contribution in [1.82, 2.24) is 19.8 Å². The lowest BCUT2D eigenvalue weighted by Gasteiger charge is -2.24. The molecule has 0 amide bonds. The number of nitrogens with zero attached hydrogens (tertiary/aromatic N) is 5. The van der Waals surface area contributed by atoms with Gasteiger partial charge in [-0.3, -0.25) is 0 Å². The fourth-order valence-corrected chi connectivity index (χ4v) is 3.05. The third kappa shape index (κ3) is 1.95. The quantitative estimate of drug-likeness (QED) is 0.847. The Morgan fingerprint density at radius 1 is 1.25 bits per heavy atom. The number of fused-ring (bicyclic) bond motifs is 1. The Morgan fingerprint density at radius 3 is 2.95 bits per heavy atom. The van der Waals surface area contributed by atoms with Crippen LogP contribution in [0, 0.1) is 0 Å². The maximum absolute atomic E-state index is 5.32. The second-order valence-corrected chi connectivity index (χ2v) is 5.74. The van der Waals surface area contributed by atoms with Gasteiger partial charge in [0, 0.05) is 19.6 Å². The van der Waals surface area contributed by atoms with E-state index in [0.29, 0.717) is 12.0 Å². The number of ether oxygens (including phenoxy) is 1. The van der Waals surface area contributed by atoms with Gasteiger partial charge in [0.05, 0.1) is 12.6 Å². The Balaban J connectivity index is 1.70. The van der Waals surface area contributed by atoms with Crippen LogP contribution in [0.2, 0.25) is 0 Å².